The van der Waals surface area contributed by atoms with Crippen LogP contribution in [-0.4, -0.2) is 20.1 Å². The third kappa shape index (κ3) is 3.89. The molecule has 0 unspecified atom stereocenters. The first-order valence-electron chi connectivity index (χ1n) is 6.40. The van der Waals surface area contributed by atoms with Gasteiger partial charge in [0.1, 0.15) is 11.5 Å². The van der Waals surface area contributed by atoms with Crippen LogP contribution in [0.1, 0.15) is 6.92 Å². The smallest absolute Gasteiger partial charge is 0.221 e. The molecule has 110 valence electrons. The summed E-state index contributed by atoms with van der Waals surface area (Å²) >= 11 is 0. The van der Waals surface area contributed by atoms with E-state index in [0.717, 1.165) is 5.75 Å². The van der Waals surface area contributed by atoms with Crippen LogP contribution in [0.15, 0.2) is 42.5 Å². The van der Waals surface area contributed by atoms with Crippen molar-refractivity contribution in [2.45, 2.75) is 6.92 Å². The Morgan fingerprint density at radius 2 is 1.57 bits per heavy atom. The van der Waals surface area contributed by atoms with Gasteiger partial charge < -0.3 is 19.5 Å². The summed E-state index contributed by atoms with van der Waals surface area (Å²) in [4.78, 5) is 11.1. The topological polar surface area (TPSA) is 56.8 Å². The van der Waals surface area contributed by atoms with Crippen LogP contribution in [0.25, 0.3) is 0 Å². The van der Waals surface area contributed by atoms with E-state index in [-0.39, 0.29) is 5.91 Å². The first-order valence-corrected chi connectivity index (χ1v) is 6.40. The molecule has 5 heteroatoms. The first-order chi connectivity index (χ1) is 10.1. The van der Waals surface area contributed by atoms with Gasteiger partial charge in [-0.25, -0.2) is 0 Å². The molecule has 5 nitrogen and oxygen atoms in total. The molecule has 2 aromatic rings. The number of nitrogens with one attached hydrogen (secondary N) is 1. The van der Waals surface area contributed by atoms with Gasteiger partial charge in [0.2, 0.25) is 5.91 Å². The summed E-state index contributed by atoms with van der Waals surface area (Å²) in [6.45, 7) is 1.45. The van der Waals surface area contributed by atoms with Gasteiger partial charge in [-0.2, -0.15) is 0 Å². The van der Waals surface area contributed by atoms with E-state index in [9.17, 15) is 4.79 Å². The number of methoxy groups -OCH3 is 2. The van der Waals surface area contributed by atoms with Crippen LogP contribution in [0, 0.1) is 0 Å². The zero-order chi connectivity index (χ0) is 15.2. The van der Waals surface area contributed by atoms with Crippen LogP contribution in [0.2, 0.25) is 0 Å². The second-order valence-corrected chi connectivity index (χ2v) is 4.32. The molecule has 0 saturated carbocycles. The lowest BCUT2D eigenvalue weighted by atomic mass is 10.2. The predicted molar refractivity (Wildman–Crippen MR) is 80.4 cm³/mol. The zero-order valence-corrected chi connectivity index (χ0v) is 12.2. The first kappa shape index (κ1) is 14.7. The highest BCUT2D eigenvalue weighted by atomic mass is 16.5. The number of carbonyl (C=O) groups is 1. The van der Waals surface area contributed by atoms with Crippen molar-refractivity contribution in [3.05, 3.63) is 42.5 Å². The summed E-state index contributed by atoms with van der Waals surface area (Å²) in [5.41, 5.74) is 0.645. The molecule has 0 saturated heterocycles. The Morgan fingerprint density at radius 1 is 0.905 bits per heavy atom. The van der Waals surface area contributed by atoms with Crippen LogP contribution in [0.5, 0.6) is 23.0 Å². The van der Waals surface area contributed by atoms with Crippen molar-refractivity contribution in [3.63, 3.8) is 0 Å². The molecule has 2 rings (SSSR count). The molecule has 21 heavy (non-hydrogen) atoms. The second-order valence-electron chi connectivity index (χ2n) is 4.32. The number of rotatable bonds is 5. The van der Waals surface area contributed by atoms with Crippen molar-refractivity contribution in [2.24, 2.45) is 0 Å². The second kappa shape index (κ2) is 6.65. The van der Waals surface area contributed by atoms with Crippen molar-refractivity contribution >= 4 is 11.6 Å². The summed E-state index contributed by atoms with van der Waals surface area (Å²) in [5, 5.41) is 2.71. The molecular weight excluding hydrogens is 270 g/mol. The van der Waals surface area contributed by atoms with Crippen molar-refractivity contribution in [1.82, 2.24) is 0 Å². The van der Waals surface area contributed by atoms with E-state index >= 15 is 0 Å². The van der Waals surface area contributed by atoms with Crippen molar-refractivity contribution in [1.29, 1.82) is 0 Å². The molecule has 0 aliphatic heterocycles. The number of anilines is 1. The highest BCUT2D eigenvalue weighted by Gasteiger charge is 2.08. The van der Waals surface area contributed by atoms with Gasteiger partial charge in [-0.1, -0.05) is 0 Å². The molecule has 0 bridgehead atoms. The minimum Gasteiger partial charge on any atom is -0.497 e. The van der Waals surface area contributed by atoms with Gasteiger partial charge in [0.25, 0.3) is 0 Å². The van der Waals surface area contributed by atoms with E-state index in [0.29, 0.717) is 22.9 Å². The van der Waals surface area contributed by atoms with Gasteiger partial charge in [-0.05, 0) is 36.4 Å². The lowest BCUT2D eigenvalue weighted by Crippen LogP contribution is -2.05. The van der Waals surface area contributed by atoms with Gasteiger partial charge in [0.15, 0.2) is 11.5 Å². The summed E-state index contributed by atoms with van der Waals surface area (Å²) in [7, 11) is 3.17. The highest BCUT2D eigenvalue weighted by molar-refractivity contribution is 5.89. The molecule has 0 fully saturated rings. The van der Waals surface area contributed by atoms with Gasteiger partial charge in [0, 0.05) is 18.7 Å². The Kier molecular flexibility index (Phi) is 4.66. The number of ether oxygens (including phenoxy) is 3. The predicted octanol–water partition coefficient (Wildman–Crippen LogP) is 3.45. The van der Waals surface area contributed by atoms with E-state index in [1.807, 2.05) is 0 Å². The van der Waals surface area contributed by atoms with E-state index in [1.165, 1.54) is 6.92 Å². The number of amides is 1. The number of benzene rings is 2. The molecule has 0 aliphatic carbocycles. The quantitative estimate of drug-likeness (QED) is 0.915. The standard InChI is InChI=1S/C16H17NO4/c1-11(18)17-12-4-9-15(20-3)16(10-12)21-14-7-5-13(19-2)6-8-14/h4-10H,1-3H3,(H,17,18). The third-order valence-electron chi connectivity index (χ3n) is 2.77. The fourth-order valence-corrected chi connectivity index (χ4v) is 1.81. The zero-order valence-electron chi connectivity index (χ0n) is 12.2. The van der Waals surface area contributed by atoms with E-state index < -0.39 is 0 Å². The van der Waals surface area contributed by atoms with E-state index in [2.05, 4.69) is 5.32 Å². The van der Waals surface area contributed by atoms with Gasteiger partial charge in [-0.3, -0.25) is 4.79 Å². The van der Waals surface area contributed by atoms with E-state index in [4.69, 9.17) is 14.2 Å². The Bertz CT molecular complexity index is 623. The molecule has 1 amide bonds. The average Bonchev–Trinajstić information content (AvgIpc) is 2.48. The Labute approximate surface area is 123 Å². The average molecular weight is 287 g/mol. The van der Waals surface area contributed by atoms with Crippen LogP contribution in [-0.2, 0) is 4.79 Å². The molecule has 0 aromatic heterocycles. The van der Waals surface area contributed by atoms with Crippen molar-refractivity contribution < 1.29 is 19.0 Å². The van der Waals surface area contributed by atoms with Crippen LogP contribution >= 0.6 is 0 Å². The van der Waals surface area contributed by atoms with Gasteiger partial charge >= 0.3 is 0 Å². The monoisotopic (exact) mass is 287 g/mol. The minimum absolute atomic E-state index is 0.143. The number of hydrogen-bond acceptors (Lipinski definition) is 4. The molecule has 0 atom stereocenters. The fourth-order valence-electron chi connectivity index (χ4n) is 1.81. The highest BCUT2D eigenvalue weighted by Crippen LogP contribution is 2.34. The maximum absolute atomic E-state index is 11.1. The minimum atomic E-state index is -0.143. The van der Waals surface area contributed by atoms with Crippen molar-refractivity contribution in [3.8, 4) is 23.0 Å². The largest absolute Gasteiger partial charge is 0.497 e. The van der Waals surface area contributed by atoms with Crippen LogP contribution in [0.4, 0.5) is 5.69 Å². The molecular formula is C16H17NO4. The molecule has 0 heterocycles. The summed E-state index contributed by atoms with van der Waals surface area (Å²) < 4.78 is 16.1. The van der Waals surface area contributed by atoms with Gasteiger partial charge in [0.05, 0.1) is 14.2 Å². The maximum Gasteiger partial charge on any atom is 0.221 e. The number of carbonyl (C=O) groups excluding carboxylic acids is 1. The molecule has 0 aliphatic rings. The Morgan fingerprint density at radius 3 is 2.14 bits per heavy atom. The molecule has 1 N–H and O–H groups in total. The van der Waals surface area contributed by atoms with Crippen molar-refractivity contribution in [2.75, 3.05) is 19.5 Å². The lowest BCUT2D eigenvalue weighted by molar-refractivity contribution is -0.114. The van der Waals surface area contributed by atoms with E-state index in [1.54, 1.807) is 56.7 Å². The Hall–Kier alpha value is -2.69. The summed E-state index contributed by atoms with van der Waals surface area (Å²) in [6, 6.07) is 12.4. The van der Waals surface area contributed by atoms with Crippen LogP contribution in [0.3, 0.4) is 0 Å². The lowest BCUT2D eigenvalue weighted by Gasteiger charge is -2.12. The molecule has 2 aromatic carbocycles. The SMILES string of the molecule is COc1ccc(Oc2cc(NC(C)=O)ccc2OC)cc1. The molecule has 0 radical (unpaired) electrons. The third-order valence-corrected chi connectivity index (χ3v) is 2.77. The maximum atomic E-state index is 11.1. The summed E-state index contributed by atoms with van der Waals surface area (Å²) in [6.07, 6.45) is 0. The Balaban J connectivity index is 2.25. The molecule has 0 spiro atoms. The summed E-state index contributed by atoms with van der Waals surface area (Å²) in [5.74, 6) is 2.36. The number of hydrogen-bond donors (Lipinski definition) is 1. The fraction of sp³-hybridized carbons (Fsp3) is 0.188. The normalized spacial score (nSPS) is 9.86. The van der Waals surface area contributed by atoms with Crippen LogP contribution < -0.4 is 19.5 Å². The van der Waals surface area contributed by atoms with Gasteiger partial charge in [-0.15, -0.1) is 0 Å².